The van der Waals surface area contributed by atoms with E-state index in [2.05, 4.69) is 38.4 Å². The molecule has 3 aromatic rings. The maximum atomic E-state index is 5.99. The lowest BCUT2D eigenvalue weighted by molar-refractivity contribution is 0.906. The standard InChI is InChI=1S/C18H18N8/c1-3-22-18-14(7-5-9-26(18)20)24-12(2)16-17(19)23-11-15(25-16)13-6-4-8-21-10-13/h3-11,24H,1-2,20H2,(H2,19,23)/b22-18-. The highest BCUT2D eigenvalue weighted by atomic mass is 15.3. The monoisotopic (exact) mass is 346 g/mol. The normalized spacial score (nSPS) is 11.2. The van der Waals surface area contributed by atoms with Crippen molar-refractivity contribution in [3.8, 4) is 11.3 Å². The molecule has 3 heterocycles. The minimum absolute atomic E-state index is 0.258. The first kappa shape index (κ1) is 16.9. The zero-order valence-electron chi connectivity index (χ0n) is 14.0. The molecule has 0 atom stereocenters. The van der Waals surface area contributed by atoms with Crippen molar-refractivity contribution in [3.05, 3.63) is 79.6 Å². The van der Waals surface area contributed by atoms with E-state index in [1.165, 1.54) is 10.9 Å². The highest BCUT2D eigenvalue weighted by Crippen LogP contribution is 2.22. The smallest absolute Gasteiger partial charge is 0.174 e. The Balaban J connectivity index is 1.98. The van der Waals surface area contributed by atoms with Crippen molar-refractivity contribution >= 4 is 17.2 Å². The molecule has 0 saturated heterocycles. The third-order valence-corrected chi connectivity index (χ3v) is 3.54. The molecular formula is C18H18N8. The quantitative estimate of drug-likeness (QED) is 0.606. The van der Waals surface area contributed by atoms with Gasteiger partial charge in [-0.2, -0.15) is 0 Å². The molecule has 0 fully saturated rings. The van der Waals surface area contributed by atoms with E-state index in [1.54, 1.807) is 30.9 Å². The first-order valence-corrected chi connectivity index (χ1v) is 7.71. The number of aromatic nitrogens is 4. The molecule has 0 bridgehead atoms. The number of nitrogens with one attached hydrogen (secondary N) is 1. The van der Waals surface area contributed by atoms with E-state index in [0.717, 1.165) is 5.56 Å². The second-order valence-electron chi connectivity index (χ2n) is 5.30. The largest absolute Gasteiger partial charge is 0.382 e. The Morgan fingerprint density at radius 3 is 2.85 bits per heavy atom. The molecule has 3 rings (SSSR count). The van der Waals surface area contributed by atoms with Crippen LogP contribution in [-0.2, 0) is 0 Å². The lowest BCUT2D eigenvalue weighted by Gasteiger charge is -2.13. The van der Waals surface area contributed by atoms with Gasteiger partial charge in [0.2, 0.25) is 0 Å². The number of hydrogen-bond donors (Lipinski definition) is 3. The van der Waals surface area contributed by atoms with E-state index in [1.807, 2.05) is 18.2 Å². The van der Waals surface area contributed by atoms with E-state index >= 15 is 0 Å². The summed E-state index contributed by atoms with van der Waals surface area (Å²) in [5.41, 5.74) is 9.48. The zero-order valence-corrected chi connectivity index (χ0v) is 14.0. The molecule has 130 valence electrons. The fraction of sp³-hybridized carbons (Fsp3) is 0. The zero-order chi connectivity index (χ0) is 18.5. The van der Waals surface area contributed by atoms with Crippen LogP contribution >= 0.6 is 0 Å². The highest BCUT2D eigenvalue weighted by molar-refractivity contribution is 5.78. The molecule has 0 spiro atoms. The molecule has 5 N–H and O–H groups in total. The predicted molar refractivity (Wildman–Crippen MR) is 103 cm³/mol. The molecule has 8 nitrogen and oxygen atoms in total. The van der Waals surface area contributed by atoms with Crippen LogP contribution in [0.25, 0.3) is 17.0 Å². The van der Waals surface area contributed by atoms with Crippen LogP contribution < -0.4 is 22.4 Å². The molecule has 0 aromatic carbocycles. The number of nitrogens with zero attached hydrogens (tertiary/aromatic N) is 5. The molecule has 0 aliphatic carbocycles. The van der Waals surface area contributed by atoms with E-state index < -0.39 is 0 Å². The van der Waals surface area contributed by atoms with E-state index in [-0.39, 0.29) is 5.82 Å². The molecular weight excluding hydrogens is 328 g/mol. The van der Waals surface area contributed by atoms with Crippen LogP contribution in [0.4, 0.5) is 11.5 Å². The van der Waals surface area contributed by atoms with Gasteiger partial charge in [0.25, 0.3) is 0 Å². The third kappa shape index (κ3) is 3.44. The fourth-order valence-corrected chi connectivity index (χ4v) is 2.33. The van der Waals surface area contributed by atoms with E-state index in [4.69, 9.17) is 11.6 Å². The molecule has 8 heteroatoms. The van der Waals surface area contributed by atoms with Gasteiger partial charge in [-0.3, -0.25) is 9.66 Å². The Bertz CT molecular complexity index is 1020. The van der Waals surface area contributed by atoms with Crippen molar-refractivity contribution in [1.29, 1.82) is 0 Å². The molecule has 0 unspecified atom stereocenters. The van der Waals surface area contributed by atoms with E-state index in [9.17, 15) is 0 Å². The van der Waals surface area contributed by atoms with Gasteiger partial charge in [-0.1, -0.05) is 13.2 Å². The summed E-state index contributed by atoms with van der Waals surface area (Å²) >= 11 is 0. The maximum absolute atomic E-state index is 5.99. The van der Waals surface area contributed by atoms with Gasteiger partial charge >= 0.3 is 0 Å². The molecule has 3 aromatic heterocycles. The first-order chi connectivity index (χ1) is 12.6. The van der Waals surface area contributed by atoms with Gasteiger partial charge in [0, 0.05) is 30.4 Å². The molecule has 0 saturated carbocycles. The SMILES string of the molecule is C=C/N=c1/c(NC(=C)c2nc(-c3cccnc3)cnc2N)cccn1N. The number of nitrogens with two attached hydrogens (primary N) is 2. The highest BCUT2D eigenvalue weighted by Gasteiger charge is 2.11. The Morgan fingerprint density at radius 1 is 1.27 bits per heavy atom. The number of hydrogen-bond acceptors (Lipinski definition) is 7. The number of rotatable bonds is 5. The minimum Gasteiger partial charge on any atom is -0.382 e. The molecule has 0 aliphatic heterocycles. The maximum Gasteiger partial charge on any atom is 0.174 e. The van der Waals surface area contributed by atoms with Crippen molar-refractivity contribution in [2.75, 3.05) is 16.9 Å². The van der Waals surface area contributed by atoms with Crippen LogP contribution in [0.2, 0.25) is 0 Å². The lowest BCUT2D eigenvalue weighted by atomic mass is 10.2. The second-order valence-corrected chi connectivity index (χ2v) is 5.30. The lowest BCUT2D eigenvalue weighted by Crippen LogP contribution is -2.29. The van der Waals surface area contributed by atoms with Gasteiger partial charge in [-0.15, -0.1) is 0 Å². The summed E-state index contributed by atoms with van der Waals surface area (Å²) in [7, 11) is 0. The molecule has 0 amide bonds. The Kier molecular flexibility index (Phi) is 4.75. The van der Waals surface area contributed by atoms with Crippen LogP contribution in [0.3, 0.4) is 0 Å². The van der Waals surface area contributed by atoms with Crippen molar-refractivity contribution in [2.24, 2.45) is 4.99 Å². The number of anilines is 2. The first-order valence-electron chi connectivity index (χ1n) is 7.71. The van der Waals surface area contributed by atoms with Crippen molar-refractivity contribution in [2.45, 2.75) is 0 Å². The van der Waals surface area contributed by atoms with Crippen LogP contribution in [0.15, 0.2) is 73.4 Å². The van der Waals surface area contributed by atoms with Crippen LogP contribution in [-0.4, -0.2) is 19.6 Å². The summed E-state index contributed by atoms with van der Waals surface area (Å²) in [6.45, 7) is 7.62. The van der Waals surface area contributed by atoms with Gasteiger partial charge in [0.1, 0.15) is 5.69 Å². The van der Waals surface area contributed by atoms with Crippen molar-refractivity contribution in [3.63, 3.8) is 0 Å². The molecule has 0 aliphatic rings. The predicted octanol–water partition coefficient (Wildman–Crippen LogP) is 1.76. The molecule has 0 radical (unpaired) electrons. The van der Waals surface area contributed by atoms with Gasteiger partial charge in [0.15, 0.2) is 11.3 Å². The summed E-state index contributed by atoms with van der Waals surface area (Å²) in [6.07, 6.45) is 8.07. The van der Waals surface area contributed by atoms with Gasteiger partial charge in [0.05, 0.1) is 23.3 Å². The van der Waals surface area contributed by atoms with Crippen LogP contribution in [0, 0.1) is 0 Å². The third-order valence-electron chi connectivity index (χ3n) is 3.54. The Hall–Kier alpha value is -3.94. The number of pyridine rings is 2. The second kappa shape index (κ2) is 7.31. The van der Waals surface area contributed by atoms with Crippen molar-refractivity contribution in [1.82, 2.24) is 19.6 Å². The van der Waals surface area contributed by atoms with Crippen LogP contribution in [0.1, 0.15) is 5.69 Å². The average molecular weight is 346 g/mol. The van der Waals surface area contributed by atoms with Crippen LogP contribution in [0.5, 0.6) is 0 Å². The Morgan fingerprint density at radius 2 is 2.12 bits per heavy atom. The van der Waals surface area contributed by atoms with Crippen molar-refractivity contribution < 1.29 is 0 Å². The minimum atomic E-state index is 0.258. The van der Waals surface area contributed by atoms with Gasteiger partial charge in [-0.25, -0.2) is 15.0 Å². The molecule has 26 heavy (non-hydrogen) atoms. The Labute approximate surface area is 150 Å². The summed E-state index contributed by atoms with van der Waals surface area (Å²) < 4.78 is 1.37. The fourth-order valence-electron chi connectivity index (χ4n) is 2.33. The summed E-state index contributed by atoms with van der Waals surface area (Å²) in [5, 5.41) is 3.14. The summed E-state index contributed by atoms with van der Waals surface area (Å²) in [4.78, 5) is 17.0. The summed E-state index contributed by atoms with van der Waals surface area (Å²) in [6, 6.07) is 7.31. The number of nitrogen functional groups attached to an aromatic ring is 2. The van der Waals surface area contributed by atoms with E-state index in [0.29, 0.717) is 28.3 Å². The van der Waals surface area contributed by atoms with Gasteiger partial charge in [-0.05, 0) is 24.3 Å². The van der Waals surface area contributed by atoms with Gasteiger partial charge < -0.3 is 16.9 Å². The average Bonchev–Trinajstić information content (AvgIpc) is 2.65. The summed E-state index contributed by atoms with van der Waals surface area (Å²) in [5.74, 6) is 6.16. The topological polar surface area (TPSA) is 120 Å².